The number of hydrogen-bond donors (Lipinski definition) is 1. The van der Waals surface area contributed by atoms with Gasteiger partial charge in [-0.1, -0.05) is 0 Å². The minimum absolute atomic E-state index is 0.139. The maximum atomic E-state index is 11.0. The molecule has 0 aromatic heterocycles. The number of carbonyl (C=O) groups excluding carboxylic acids is 2. The van der Waals surface area contributed by atoms with Crippen molar-refractivity contribution in [3.8, 4) is 11.5 Å². The summed E-state index contributed by atoms with van der Waals surface area (Å²) in [6.45, 7) is 0.139. The zero-order chi connectivity index (χ0) is 10.4. The zero-order valence-corrected chi connectivity index (χ0v) is 7.44. The van der Waals surface area contributed by atoms with Crippen LogP contribution in [0.4, 0.5) is 11.4 Å². The van der Waals surface area contributed by atoms with Gasteiger partial charge in [0.1, 0.15) is 0 Å². The van der Waals surface area contributed by atoms with Crippen LogP contribution in [-0.2, 0) is 9.59 Å². The van der Waals surface area contributed by atoms with Crippen molar-refractivity contribution in [2.75, 3.05) is 12.1 Å². The van der Waals surface area contributed by atoms with Crippen molar-refractivity contribution in [1.82, 2.24) is 5.32 Å². The summed E-state index contributed by atoms with van der Waals surface area (Å²) in [6.07, 6.45) is 0. The summed E-state index contributed by atoms with van der Waals surface area (Å²) in [7, 11) is 0. The molecule has 0 saturated carbocycles. The summed E-state index contributed by atoms with van der Waals surface area (Å²) >= 11 is 0. The van der Waals surface area contributed by atoms with Gasteiger partial charge in [-0.05, 0) is 0 Å². The third-order valence-electron chi connectivity index (χ3n) is 2.16. The highest BCUT2D eigenvalue weighted by Gasteiger charge is 2.27. The van der Waals surface area contributed by atoms with Gasteiger partial charge in [-0.3, -0.25) is 9.59 Å². The molecule has 0 aliphatic carbocycles. The van der Waals surface area contributed by atoms with Crippen molar-refractivity contribution in [2.45, 2.75) is 0 Å². The first-order valence-electron chi connectivity index (χ1n) is 4.25. The number of nitrogens with one attached hydrogen (secondary N) is 1. The lowest BCUT2D eigenvalue weighted by atomic mass is 10.2. The van der Waals surface area contributed by atoms with E-state index >= 15 is 0 Å². The van der Waals surface area contributed by atoms with Crippen LogP contribution in [0.5, 0.6) is 11.5 Å². The molecule has 2 aliphatic rings. The molecule has 0 saturated heterocycles. The number of carbonyl (C=O) groups is 2. The quantitative estimate of drug-likeness (QED) is 0.610. The summed E-state index contributed by atoms with van der Waals surface area (Å²) in [5.74, 6) is -0.470. The topological polar surface area (TPSA) is 78.7 Å². The molecule has 1 aromatic rings. The first-order chi connectivity index (χ1) is 7.24. The highest BCUT2D eigenvalue weighted by Crippen LogP contribution is 2.40. The zero-order valence-electron chi connectivity index (χ0n) is 7.44. The first kappa shape index (κ1) is 8.10. The van der Waals surface area contributed by atoms with E-state index in [1.54, 1.807) is 12.1 Å². The molecule has 0 fully saturated rings. The molecular formula is C9H5N2O4. The Morgan fingerprint density at radius 1 is 1.20 bits per heavy atom. The van der Waals surface area contributed by atoms with Gasteiger partial charge in [0.05, 0.1) is 11.4 Å². The van der Waals surface area contributed by atoms with Gasteiger partial charge in [-0.15, -0.1) is 0 Å². The van der Waals surface area contributed by atoms with Gasteiger partial charge in [0, 0.05) is 12.1 Å². The number of hydrogen-bond acceptors (Lipinski definition) is 4. The molecule has 0 atom stereocenters. The average molecular weight is 205 g/mol. The van der Waals surface area contributed by atoms with Crippen LogP contribution in [0.1, 0.15) is 0 Å². The number of fused-ring (bicyclic) bond motifs is 2. The molecule has 2 aliphatic heterocycles. The van der Waals surface area contributed by atoms with E-state index in [9.17, 15) is 9.59 Å². The molecule has 15 heavy (non-hydrogen) atoms. The van der Waals surface area contributed by atoms with E-state index in [1.807, 2.05) is 0 Å². The van der Waals surface area contributed by atoms with E-state index < -0.39 is 11.8 Å². The van der Waals surface area contributed by atoms with Gasteiger partial charge in [0.25, 0.3) is 0 Å². The van der Waals surface area contributed by atoms with E-state index in [0.717, 1.165) is 0 Å². The molecular weight excluding hydrogens is 200 g/mol. The molecule has 6 heteroatoms. The van der Waals surface area contributed by atoms with E-state index in [-0.39, 0.29) is 6.79 Å². The van der Waals surface area contributed by atoms with Gasteiger partial charge >= 0.3 is 11.8 Å². The standard InChI is InChI=1S/C9H5N2O4/c12-8-9(13)11-5-2-7-6(14-3-15-7)1-4(5)10-8/h1-2H,3H2,(H,10,12). The molecule has 0 unspecified atom stereocenters. The predicted octanol–water partition coefficient (Wildman–Crippen LogP) is 0.130. The fourth-order valence-electron chi connectivity index (χ4n) is 1.46. The van der Waals surface area contributed by atoms with Crippen LogP contribution in [0.2, 0.25) is 0 Å². The van der Waals surface area contributed by atoms with Crippen LogP contribution in [0.25, 0.3) is 0 Å². The number of ether oxygens (including phenoxy) is 2. The number of benzene rings is 1. The summed E-state index contributed by atoms with van der Waals surface area (Å²) in [4.78, 5) is 22.0. The lowest BCUT2D eigenvalue weighted by Crippen LogP contribution is -2.33. The van der Waals surface area contributed by atoms with Crippen molar-refractivity contribution >= 4 is 23.2 Å². The van der Waals surface area contributed by atoms with Crippen LogP contribution in [0, 0.1) is 0 Å². The Morgan fingerprint density at radius 3 is 2.73 bits per heavy atom. The van der Waals surface area contributed by atoms with Gasteiger partial charge in [-0.25, -0.2) is 5.32 Å². The third-order valence-corrected chi connectivity index (χ3v) is 2.16. The Balaban J connectivity index is 2.11. The van der Waals surface area contributed by atoms with E-state index in [4.69, 9.17) is 9.47 Å². The van der Waals surface area contributed by atoms with Crippen LogP contribution in [0.3, 0.4) is 0 Å². The molecule has 1 N–H and O–H groups in total. The van der Waals surface area contributed by atoms with Crippen molar-refractivity contribution in [3.05, 3.63) is 12.1 Å². The second-order valence-electron chi connectivity index (χ2n) is 3.09. The second-order valence-corrected chi connectivity index (χ2v) is 3.09. The van der Waals surface area contributed by atoms with E-state index in [0.29, 0.717) is 22.9 Å². The Bertz CT molecular complexity index is 440. The van der Waals surface area contributed by atoms with Crippen molar-refractivity contribution in [1.29, 1.82) is 0 Å². The molecule has 1 radical (unpaired) electrons. The first-order valence-corrected chi connectivity index (χ1v) is 4.25. The second kappa shape index (κ2) is 2.63. The summed E-state index contributed by atoms with van der Waals surface area (Å²) < 4.78 is 10.2. The van der Waals surface area contributed by atoms with Gasteiger partial charge in [0.15, 0.2) is 11.5 Å². The summed E-state index contributed by atoms with van der Waals surface area (Å²) in [5.41, 5.74) is 0.854. The number of nitrogens with zero attached hydrogens (tertiary/aromatic N) is 1. The van der Waals surface area contributed by atoms with E-state index in [1.165, 1.54) is 0 Å². The van der Waals surface area contributed by atoms with Gasteiger partial charge in [0.2, 0.25) is 6.79 Å². The lowest BCUT2D eigenvalue weighted by Gasteiger charge is -2.15. The van der Waals surface area contributed by atoms with Gasteiger partial charge < -0.3 is 14.8 Å². The van der Waals surface area contributed by atoms with Crippen molar-refractivity contribution in [2.24, 2.45) is 0 Å². The SMILES string of the molecule is O=C1[N]c2cc3c(cc2NC1=O)OCO3. The van der Waals surface area contributed by atoms with Crippen molar-refractivity contribution < 1.29 is 19.1 Å². The summed E-state index contributed by atoms with van der Waals surface area (Å²) in [5, 5.41) is 6.04. The van der Waals surface area contributed by atoms with Crippen LogP contribution in [-0.4, -0.2) is 18.6 Å². The molecule has 2 amide bonds. The molecule has 2 heterocycles. The molecule has 75 valence electrons. The average Bonchev–Trinajstić information content (AvgIpc) is 2.63. The number of amides is 2. The third kappa shape index (κ3) is 1.11. The fraction of sp³-hybridized carbons (Fsp3) is 0.111. The Kier molecular flexibility index (Phi) is 1.42. The number of rotatable bonds is 0. The minimum Gasteiger partial charge on any atom is -0.454 e. The highest BCUT2D eigenvalue weighted by atomic mass is 16.7. The Morgan fingerprint density at radius 2 is 1.93 bits per heavy atom. The molecule has 1 aromatic carbocycles. The molecule has 0 spiro atoms. The molecule has 0 bridgehead atoms. The number of anilines is 1. The maximum Gasteiger partial charge on any atom is 0.335 e. The highest BCUT2D eigenvalue weighted by molar-refractivity contribution is 6.42. The Hall–Kier alpha value is -2.24. The summed E-state index contributed by atoms with van der Waals surface area (Å²) in [6, 6.07) is 3.15. The molecule has 3 rings (SSSR count). The maximum absolute atomic E-state index is 11.0. The van der Waals surface area contributed by atoms with Crippen molar-refractivity contribution in [3.63, 3.8) is 0 Å². The molecule has 6 nitrogen and oxygen atoms in total. The van der Waals surface area contributed by atoms with Crippen LogP contribution < -0.4 is 20.1 Å². The normalized spacial score (nSPS) is 16.8. The fourth-order valence-corrected chi connectivity index (χ4v) is 1.46. The smallest absolute Gasteiger partial charge is 0.335 e. The monoisotopic (exact) mass is 205 g/mol. The van der Waals surface area contributed by atoms with Crippen LogP contribution >= 0.6 is 0 Å². The minimum atomic E-state index is -0.804. The van der Waals surface area contributed by atoms with Crippen LogP contribution in [0.15, 0.2) is 12.1 Å². The Labute approximate surface area is 84.2 Å². The predicted molar refractivity (Wildman–Crippen MR) is 48.0 cm³/mol. The van der Waals surface area contributed by atoms with E-state index in [2.05, 4.69) is 10.6 Å². The lowest BCUT2D eigenvalue weighted by molar-refractivity contribution is -0.135. The largest absolute Gasteiger partial charge is 0.454 e. The van der Waals surface area contributed by atoms with Gasteiger partial charge in [-0.2, -0.15) is 0 Å².